The molecule has 16 heavy (non-hydrogen) atoms. The third-order valence-electron chi connectivity index (χ3n) is 2.72. The number of rotatable bonds is 3. The van der Waals surface area contributed by atoms with E-state index in [-0.39, 0.29) is 23.1 Å². The molecule has 0 unspecified atom stereocenters. The first-order valence-corrected chi connectivity index (χ1v) is 6.45. The number of hydrogen-bond acceptors (Lipinski definition) is 4. The third kappa shape index (κ3) is 1.79. The van der Waals surface area contributed by atoms with Crippen molar-refractivity contribution in [1.82, 2.24) is 4.31 Å². The molecule has 88 valence electrons. The molecular formula is C10H14N2O3S. The Labute approximate surface area is 94.5 Å². The minimum atomic E-state index is -3.48. The molecule has 1 aliphatic rings. The molecule has 2 rings (SSSR count). The van der Waals surface area contributed by atoms with Gasteiger partial charge in [-0.05, 0) is 12.1 Å². The maximum absolute atomic E-state index is 12.1. The first kappa shape index (κ1) is 11.4. The largest absolute Gasteiger partial charge is 0.398 e. The zero-order valence-electron chi connectivity index (χ0n) is 8.70. The molecule has 0 saturated carbocycles. The quantitative estimate of drug-likeness (QED) is 0.724. The van der Waals surface area contributed by atoms with Gasteiger partial charge in [0.05, 0.1) is 5.69 Å². The standard InChI is InChI=1S/C10H14N2O3S/c11-9-3-1-2-4-10(9)16(14,15)12-5-8(6-12)7-13/h1-4,8,13H,5-7,11H2. The first-order chi connectivity index (χ1) is 7.55. The van der Waals surface area contributed by atoms with Crippen LogP contribution < -0.4 is 5.73 Å². The summed E-state index contributed by atoms with van der Waals surface area (Å²) in [5.74, 6) is 0.0553. The van der Waals surface area contributed by atoms with Crippen molar-refractivity contribution < 1.29 is 13.5 Å². The summed E-state index contributed by atoms with van der Waals surface area (Å²) in [5, 5.41) is 8.85. The SMILES string of the molecule is Nc1ccccc1S(=O)(=O)N1CC(CO)C1. The summed E-state index contributed by atoms with van der Waals surface area (Å²) in [6, 6.07) is 6.40. The van der Waals surface area contributed by atoms with Crippen LogP contribution in [-0.2, 0) is 10.0 Å². The van der Waals surface area contributed by atoms with Crippen LogP contribution in [-0.4, -0.2) is 37.5 Å². The Bertz CT molecular complexity index is 481. The van der Waals surface area contributed by atoms with Crippen molar-refractivity contribution in [2.45, 2.75) is 4.90 Å². The number of nitrogens with zero attached hydrogens (tertiary/aromatic N) is 1. The molecule has 0 aliphatic carbocycles. The molecule has 1 fully saturated rings. The lowest BCUT2D eigenvalue weighted by Crippen LogP contribution is -2.51. The molecule has 1 saturated heterocycles. The second-order valence-electron chi connectivity index (χ2n) is 3.91. The zero-order chi connectivity index (χ0) is 11.8. The summed E-state index contributed by atoms with van der Waals surface area (Å²) in [6.45, 7) is 0.761. The number of nitrogen functional groups attached to an aromatic ring is 1. The lowest BCUT2D eigenvalue weighted by atomic mass is 10.1. The van der Waals surface area contributed by atoms with Crippen LogP contribution in [0.4, 0.5) is 5.69 Å². The van der Waals surface area contributed by atoms with Gasteiger partial charge in [-0.2, -0.15) is 4.31 Å². The van der Waals surface area contributed by atoms with Gasteiger partial charge in [0.1, 0.15) is 4.90 Å². The van der Waals surface area contributed by atoms with Crippen LogP contribution >= 0.6 is 0 Å². The lowest BCUT2D eigenvalue weighted by molar-refractivity contribution is 0.117. The van der Waals surface area contributed by atoms with Gasteiger partial charge in [0.25, 0.3) is 0 Å². The fraction of sp³-hybridized carbons (Fsp3) is 0.400. The van der Waals surface area contributed by atoms with Crippen molar-refractivity contribution in [2.24, 2.45) is 5.92 Å². The Balaban J connectivity index is 2.24. The van der Waals surface area contributed by atoms with Gasteiger partial charge in [-0.15, -0.1) is 0 Å². The predicted octanol–water partition coefficient (Wildman–Crippen LogP) is -0.118. The number of aliphatic hydroxyl groups excluding tert-OH is 1. The Kier molecular flexibility index (Phi) is 2.88. The van der Waals surface area contributed by atoms with Crippen molar-refractivity contribution in [1.29, 1.82) is 0 Å². The molecule has 0 bridgehead atoms. The zero-order valence-corrected chi connectivity index (χ0v) is 9.52. The molecule has 0 aromatic heterocycles. The van der Waals surface area contributed by atoms with E-state index in [1.54, 1.807) is 18.2 Å². The van der Waals surface area contributed by atoms with Crippen LogP contribution in [0.15, 0.2) is 29.2 Å². The van der Waals surface area contributed by atoms with Crippen LogP contribution in [0, 0.1) is 5.92 Å². The average molecular weight is 242 g/mol. The Morgan fingerprint density at radius 3 is 2.56 bits per heavy atom. The van der Waals surface area contributed by atoms with E-state index in [0.29, 0.717) is 13.1 Å². The van der Waals surface area contributed by atoms with E-state index in [1.807, 2.05) is 0 Å². The number of sulfonamides is 1. The molecule has 6 heteroatoms. The second-order valence-corrected chi connectivity index (χ2v) is 5.81. The molecule has 1 heterocycles. The second kappa shape index (κ2) is 4.04. The van der Waals surface area contributed by atoms with Crippen molar-refractivity contribution >= 4 is 15.7 Å². The average Bonchev–Trinajstić information content (AvgIpc) is 2.16. The first-order valence-electron chi connectivity index (χ1n) is 5.01. The van der Waals surface area contributed by atoms with Crippen LogP contribution in [0.1, 0.15) is 0 Å². The Hall–Kier alpha value is -1.11. The molecule has 3 N–H and O–H groups in total. The number of para-hydroxylation sites is 1. The van der Waals surface area contributed by atoms with Gasteiger partial charge >= 0.3 is 0 Å². The molecular weight excluding hydrogens is 228 g/mol. The van der Waals surface area contributed by atoms with E-state index in [0.717, 1.165) is 0 Å². The van der Waals surface area contributed by atoms with Gasteiger partial charge in [0, 0.05) is 25.6 Å². The number of nitrogens with two attached hydrogens (primary N) is 1. The fourth-order valence-corrected chi connectivity index (χ4v) is 3.40. The number of hydrogen-bond donors (Lipinski definition) is 2. The van der Waals surface area contributed by atoms with Crippen molar-refractivity contribution in [3.63, 3.8) is 0 Å². The molecule has 1 aromatic rings. The van der Waals surface area contributed by atoms with Crippen LogP contribution in [0.2, 0.25) is 0 Å². The third-order valence-corrected chi connectivity index (χ3v) is 4.62. The molecule has 0 spiro atoms. The van der Waals surface area contributed by atoms with Gasteiger partial charge in [-0.3, -0.25) is 0 Å². The van der Waals surface area contributed by atoms with Crippen LogP contribution in [0.5, 0.6) is 0 Å². The van der Waals surface area contributed by atoms with Gasteiger partial charge in [0.2, 0.25) is 10.0 Å². The summed E-state index contributed by atoms with van der Waals surface area (Å²) < 4.78 is 25.5. The van der Waals surface area contributed by atoms with E-state index in [1.165, 1.54) is 10.4 Å². The van der Waals surface area contributed by atoms with E-state index >= 15 is 0 Å². The molecule has 0 amide bonds. The summed E-state index contributed by atoms with van der Waals surface area (Å²) >= 11 is 0. The van der Waals surface area contributed by atoms with Gasteiger partial charge in [-0.1, -0.05) is 12.1 Å². The lowest BCUT2D eigenvalue weighted by Gasteiger charge is -2.37. The fourth-order valence-electron chi connectivity index (χ4n) is 1.69. The molecule has 5 nitrogen and oxygen atoms in total. The van der Waals surface area contributed by atoms with Crippen LogP contribution in [0.25, 0.3) is 0 Å². The van der Waals surface area contributed by atoms with Gasteiger partial charge in [0.15, 0.2) is 0 Å². The highest BCUT2D eigenvalue weighted by Gasteiger charge is 2.36. The Morgan fingerprint density at radius 1 is 1.38 bits per heavy atom. The highest BCUT2D eigenvalue weighted by molar-refractivity contribution is 7.89. The van der Waals surface area contributed by atoms with E-state index in [9.17, 15) is 8.42 Å². The number of aliphatic hydroxyl groups is 1. The molecule has 1 aliphatic heterocycles. The minimum Gasteiger partial charge on any atom is -0.398 e. The monoisotopic (exact) mass is 242 g/mol. The predicted molar refractivity (Wildman–Crippen MR) is 60.2 cm³/mol. The molecule has 1 aromatic carbocycles. The summed E-state index contributed by atoms with van der Waals surface area (Å²) in [4.78, 5) is 0.145. The topological polar surface area (TPSA) is 83.6 Å². The summed E-state index contributed by atoms with van der Waals surface area (Å²) in [7, 11) is -3.48. The van der Waals surface area contributed by atoms with Crippen molar-refractivity contribution in [2.75, 3.05) is 25.4 Å². The molecule has 0 radical (unpaired) electrons. The number of anilines is 1. The maximum atomic E-state index is 12.1. The maximum Gasteiger partial charge on any atom is 0.245 e. The van der Waals surface area contributed by atoms with Gasteiger partial charge in [-0.25, -0.2) is 8.42 Å². The van der Waals surface area contributed by atoms with E-state index < -0.39 is 10.0 Å². The van der Waals surface area contributed by atoms with E-state index in [4.69, 9.17) is 10.8 Å². The van der Waals surface area contributed by atoms with Crippen molar-refractivity contribution in [3.05, 3.63) is 24.3 Å². The summed E-state index contributed by atoms with van der Waals surface area (Å²) in [5.41, 5.74) is 5.89. The Morgan fingerprint density at radius 2 is 2.00 bits per heavy atom. The molecule has 0 atom stereocenters. The van der Waals surface area contributed by atoms with E-state index in [2.05, 4.69) is 0 Å². The summed E-state index contributed by atoms with van der Waals surface area (Å²) in [6.07, 6.45) is 0. The normalized spacial score (nSPS) is 18.3. The number of benzene rings is 1. The smallest absolute Gasteiger partial charge is 0.245 e. The highest BCUT2D eigenvalue weighted by atomic mass is 32.2. The highest BCUT2D eigenvalue weighted by Crippen LogP contribution is 2.27. The van der Waals surface area contributed by atoms with Crippen LogP contribution in [0.3, 0.4) is 0 Å². The minimum absolute atomic E-state index is 0.0241. The van der Waals surface area contributed by atoms with Gasteiger partial charge < -0.3 is 10.8 Å². The van der Waals surface area contributed by atoms with Crippen molar-refractivity contribution in [3.8, 4) is 0 Å².